The van der Waals surface area contributed by atoms with Gasteiger partial charge in [0, 0.05) is 0 Å². The summed E-state index contributed by atoms with van der Waals surface area (Å²) in [6, 6.07) is 10.8. The van der Waals surface area contributed by atoms with Gasteiger partial charge in [-0.3, -0.25) is 4.79 Å². The third kappa shape index (κ3) is 3.29. The minimum atomic E-state index is -1.23. The van der Waals surface area contributed by atoms with Crippen LogP contribution in [0.15, 0.2) is 47.6 Å². The lowest BCUT2D eigenvalue weighted by Crippen LogP contribution is -2.40. The zero-order valence-electron chi connectivity index (χ0n) is 15.1. The molecule has 8 heteroatoms. The zero-order chi connectivity index (χ0) is 19.6. The lowest BCUT2D eigenvalue weighted by atomic mass is 9.92. The predicted octanol–water partition coefficient (Wildman–Crippen LogP) is 2.21. The molecule has 0 saturated carbocycles. The van der Waals surface area contributed by atoms with Crippen molar-refractivity contribution in [3.8, 4) is 17.2 Å². The van der Waals surface area contributed by atoms with Gasteiger partial charge in [-0.2, -0.15) is 5.10 Å². The highest BCUT2D eigenvalue weighted by Gasteiger charge is 2.49. The molecule has 1 saturated heterocycles. The van der Waals surface area contributed by atoms with Gasteiger partial charge in [-0.25, -0.2) is 4.79 Å². The van der Waals surface area contributed by atoms with Crippen molar-refractivity contribution in [1.82, 2.24) is 10.3 Å². The Labute approximate surface area is 156 Å². The lowest BCUT2D eigenvalue weighted by Gasteiger charge is -2.21. The largest absolute Gasteiger partial charge is 0.504 e. The predicted molar refractivity (Wildman–Crippen MR) is 98.0 cm³/mol. The smallest absolute Gasteiger partial charge is 0.346 e. The molecule has 0 bridgehead atoms. The maximum atomic E-state index is 12.8. The second-order valence-electron chi connectivity index (χ2n) is 6.08. The first-order valence-electron chi connectivity index (χ1n) is 8.11. The standard InChI is InChI=1S/C19H19N3O5/c1-19(13-5-7-14(26-2)8-6-13)17(24)22(18(25)21-19)20-11-12-4-9-15(23)16(10-12)27-3/h4-11,23H,1-3H3,(H,21,25)/b20-11+/t19-/m0/s1. The van der Waals surface area contributed by atoms with Crippen LogP contribution in [0.1, 0.15) is 18.1 Å². The average molecular weight is 369 g/mol. The van der Waals surface area contributed by atoms with Gasteiger partial charge >= 0.3 is 6.03 Å². The molecule has 1 aliphatic heterocycles. The van der Waals surface area contributed by atoms with Crippen molar-refractivity contribution in [1.29, 1.82) is 0 Å². The molecule has 140 valence electrons. The van der Waals surface area contributed by atoms with Crippen molar-refractivity contribution in [2.45, 2.75) is 12.5 Å². The number of phenols is 1. The molecule has 0 radical (unpaired) electrons. The van der Waals surface area contributed by atoms with E-state index in [2.05, 4.69) is 10.4 Å². The van der Waals surface area contributed by atoms with E-state index in [-0.39, 0.29) is 11.5 Å². The van der Waals surface area contributed by atoms with Crippen LogP contribution in [0.25, 0.3) is 0 Å². The molecule has 1 fully saturated rings. The molecule has 0 aliphatic carbocycles. The number of rotatable bonds is 5. The van der Waals surface area contributed by atoms with Crippen LogP contribution in [0.2, 0.25) is 0 Å². The van der Waals surface area contributed by atoms with E-state index >= 15 is 0 Å². The molecule has 27 heavy (non-hydrogen) atoms. The Kier molecular flexibility index (Phi) is 4.72. The number of nitrogens with one attached hydrogen (secondary N) is 1. The van der Waals surface area contributed by atoms with Gasteiger partial charge in [-0.15, -0.1) is 5.01 Å². The first-order valence-corrected chi connectivity index (χ1v) is 8.11. The number of carbonyl (C=O) groups excluding carboxylic acids is 2. The Balaban J connectivity index is 1.85. The van der Waals surface area contributed by atoms with Gasteiger partial charge in [0.15, 0.2) is 11.5 Å². The second-order valence-corrected chi connectivity index (χ2v) is 6.08. The summed E-state index contributed by atoms with van der Waals surface area (Å²) in [4.78, 5) is 25.1. The van der Waals surface area contributed by atoms with E-state index in [0.717, 1.165) is 5.01 Å². The zero-order valence-corrected chi connectivity index (χ0v) is 15.1. The summed E-state index contributed by atoms with van der Waals surface area (Å²) in [6.45, 7) is 1.62. The van der Waals surface area contributed by atoms with Crippen LogP contribution < -0.4 is 14.8 Å². The van der Waals surface area contributed by atoms with E-state index in [0.29, 0.717) is 16.9 Å². The third-order valence-corrected chi connectivity index (χ3v) is 4.36. The molecular weight excluding hydrogens is 350 g/mol. The molecule has 0 aromatic heterocycles. The van der Waals surface area contributed by atoms with Gasteiger partial charge in [-0.1, -0.05) is 12.1 Å². The summed E-state index contributed by atoms with van der Waals surface area (Å²) >= 11 is 0. The van der Waals surface area contributed by atoms with E-state index in [1.54, 1.807) is 50.4 Å². The third-order valence-electron chi connectivity index (χ3n) is 4.36. The van der Waals surface area contributed by atoms with E-state index in [9.17, 15) is 14.7 Å². The molecule has 2 aromatic carbocycles. The van der Waals surface area contributed by atoms with Gasteiger partial charge in [0.05, 0.1) is 20.4 Å². The molecule has 0 unspecified atom stereocenters. The quantitative estimate of drug-likeness (QED) is 0.622. The number of amides is 3. The van der Waals surface area contributed by atoms with Crippen molar-refractivity contribution in [3.05, 3.63) is 53.6 Å². The molecule has 1 aliphatic rings. The summed E-state index contributed by atoms with van der Waals surface area (Å²) in [7, 11) is 2.97. The number of benzene rings is 2. The van der Waals surface area contributed by atoms with E-state index in [1.165, 1.54) is 19.4 Å². The Morgan fingerprint density at radius 3 is 2.44 bits per heavy atom. The molecule has 1 heterocycles. The number of carbonyl (C=O) groups is 2. The minimum Gasteiger partial charge on any atom is -0.504 e. The van der Waals surface area contributed by atoms with Gasteiger partial charge in [0.1, 0.15) is 11.3 Å². The summed E-state index contributed by atoms with van der Waals surface area (Å²) in [5, 5.41) is 17.1. The maximum absolute atomic E-state index is 12.8. The second kappa shape index (κ2) is 6.99. The van der Waals surface area contributed by atoms with E-state index in [1.807, 2.05) is 0 Å². The number of ether oxygens (including phenoxy) is 2. The van der Waals surface area contributed by atoms with Crippen molar-refractivity contribution >= 4 is 18.2 Å². The molecule has 2 N–H and O–H groups in total. The number of urea groups is 1. The van der Waals surface area contributed by atoms with Crippen LogP contribution in [-0.4, -0.2) is 42.5 Å². The van der Waals surface area contributed by atoms with Crippen LogP contribution in [-0.2, 0) is 10.3 Å². The number of hydrazone groups is 1. The van der Waals surface area contributed by atoms with Crippen LogP contribution in [0.3, 0.4) is 0 Å². The summed E-state index contributed by atoms with van der Waals surface area (Å²) in [5.41, 5.74) is -0.0539. The van der Waals surface area contributed by atoms with Crippen LogP contribution in [0.5, 0.6) is 17.2 Å². The Morgan fingerprint density at radius 1 is 1.11 bits per heavy atom. The molecule has 3 rings (SSSR count). The normalized spacial score (nSPS) is 19.4. The number of phenolic OH excluding ortho intramolecular Hbond substituents is 1. The maximum Gasteiger partial charge on any atom is 0.346 e. The average Bonchev–Trinajstić information content (AvgIpc) is 2.90. The number of hydrogen-bond acceptors (Lipinski definition) is 6. The Hall–Kier alpha value is -3.55. The monoisotopic (exact) mass is 369 g/mol. The topological polar surface area (TPSA) is 100 Å². The Bertz CT molecular complexity index is 910. The van der Waals surface area contributed by atoms with Gasteiger partial charge in [0.2, 0.25) is 0 Å². The van der Waals surface area contributed by atoms with E-state index < -0.39 is 17.5 Å². The molecule has 2 aromatic rings. The van der Waals surface area contributed by atoms with Crippen molar-refractivity contribution in [2.75, 3.05) is 14.2 Å². The minimum absolute atomic E-state index is 0.0169. The fourth-order valence-corrected chi connectivity index (χ4v) is 2.75. The number of hydrogen-bond donors (Lipinski definition) is 2. The molecule has 0 spiro atoms. The summed E-state index contributed by atoms with van der Waals surface area (Å²) in [5.74, 6) is 0.394. The molecule has 1 atom stereocenters. The highest BCUT2D eigenvalue weighted by molar-refractivity contribution is 6.07. The number of methoxy groups -OCH3 is 2. The summed E-state index contributed by atoms with van der Waals surface area (Å²) in [6.07, 6.45) is 1.35. The number of imide groups is 1. The first-order chi connectivity index (χ1) is 12.9. The van der Waals surface area contributed by atoms with Crippen molar-refractivity contribution < 1.29 is 24.2 Å². The van der Waals surface area contributed by atoms with Gasteiger partial charge in [-0.05, 0) is 48.4 Å². The highest BCUT2D eigenvalue weighted by atomic mass is 16.5. The SMILES string of the molecule is COc1ccc([C@]2(C)NC(=O)N(/N=C/c3ccc(O)c(OC)c3)C2=O)cc1. The fraction of sp³-hybridized carbons (Fsp3) is 0.211. The van der Waals surface area contributed by atoms with Gasteiger partial charge in [0.25, 0.3) is 5.91 Å². The van der Waals surface area contributed by atoms with Crippen molar-refractivity contribution in [2.24, 2.45) is 5.10 Å². The Morgan fingerprint density at radius 2 is 1.81 bits per heavy atom. The molecule has 3 amide bonds. The molecule has 8 nitrogen and oxygen atoms in total. The van der Waals surface area contributed by atoms with Crippen LogP contribution in [0.4, 0.5) is 4.79 Å². The lowest BCUT2D eigenvalue weighted by molar-refractivity contribution is -0.131. The van der Waals surface area contributed by atoms with E-state index in [4.69, 9.17) is 9.47 Å². The van der Waals surface area contributed by atoms with Crippen LogP contribution >= 0.6 is 0 Å². The highest BCUT2D eigenvalue weighted by Crippen LogP contribution is 2.30. The van der Waals surface area contributed by atoms with Gasteiger partial charge < -0.3 is 19.9 Å². The molecular formula is C19H19N3O5. The number of aromatic hydroxyl groups is 1. The van der Waals surface area contributed by atoms with Crippen LogP contribution in [0, 0.1) is 0 Å². The van der Waals surface area contributed by atoms with Crippen molar-refractivity contribution in [3.63, 3.8) is 0 Å². The number of nitrogens with zero attached hydrogens (tertiary/aromatic N) is 2. The summed E-state index contributed by atoms with van der Waals surface area (Å²) < 4.78 is 10.1. The fourth-order valence-electron chi connectivity index (χ4n) is 2.75. The first kappa shape index (κ1) is 18.2.